The van der Waals surface area contributed by atoms with Crippen LogP contribution in [0.15, 0.2) is 0 Å². The van der Waals surface area contributed by atoms with Crippen molar-refractivity contribution in [3.63, 3.8) is 0 Å². The van der Waals surface area contributed by atoms with E-state index < -0.39 is 40.8 Å². The molecular formula is C38H73NO8. The van der Waals surface area contributed by atoms with Crippen molar-refractivity contribution in [3.05, 3.63) is 0 Å². The Morgan fingerprint density at radius 1 is 0.894 bits per heavy atom. The highest BCUT2D eigenvalue weighted by Crippen LogP contribution is 2.39. The van der Waals surface area contributed by atoms with Crippen molar-refractivity contribution in [1.29, 1.82) is 5.41 Å². The number of rotatable bonds is 4. The summed E-state index contributed by atoms with van der Waals surface area (Å²) >= 11 is 0. The van der Waals surface area contributed by atoms with Gasteiger partial charge in [0, 0.05) is 51.4 Å². The minimum absolute atomic E-state index is 0.0495. The van der Waals surface area contributed by atoms with Crippen molar-refractivity contribution in [3.8, 4) is 11.8 Å². The fraction of sp³-hybridized carbons (Fsp3) is 0.895. The Kier molecular flexibility index (Phi) is 22.5. The van der Waals surface area contributed by atoms with Crippen molar-refractivity contribution in [2.24, 2.45) is 29.1 Å². The SMILES string of the molecule is CC.CC#CC.CC[C@H]1OC(=O)[C@H](C)[C@@H](OC)[C@H](C)C[C@](C)(OC)C[C@@H](C)C(=N)C(C)C(O)C1(C)C.CO[C@]1(C)CCOC(C)[C@@H]1O. The first-order chi connectivity index (χ1) is 21.8. The lowest BCUT2D eigenvalue weighted by atomic mass is 9.70. The number of carbonyl (C=O) groups is 1. The fourth-order valence-electron chi connectivity index (χ4n) is 6.74. The first kappa shape index (κ1) is 47.6. The molecule has 11 atom stereocenters. The molecule has 9 nitrogen and oxygen atoms in total. The topological polar surface area (TPSA) is 128 Å². The minimum Gasteiger partial charge on any atom is -0.461 e. The maximum atomic E-state index is 13.0. The van der Waals surface area contributed by atoms with Crippen LogP contribution in [-0.4, -0.2) is 91.6 Å². The van der Waals surface area contributed by atoms with Crippen molar-refractivity contribution in [2.45, 2.75) is 164 Å². The predicted molar refractivity (Wildman–Crippen MR) is 192 cm³/mol. The molecular weight excluding hydrogens is 598 g/mol. The quantitative estimate of drug-likeness (QED) is 0.214. The molecule has 2 aliphatic heterocycles. The van der Waals surface area contributed by atoms with E-state index in [1.54, 1.807) is 21.3 Å². The predicted octanol–water partition coefficient (Wildman–Crippen LogP) is 7.09. The van der Waals surface area contributed by atoms with Crippen molar-refractivity contribution < 1.29 is 38.7 Å². The largest absolute Gasteiger partial charge is 0.461 e. The number of cyclic esters (lactones) is 1. The molecule has 278 valence electrons. The van der Waals surface area contributed by atoms with E-state index in [1.807, 2.05) is 90.0 Å². The standard InChI is InChI=1S/C24H45NO5.C8H16O3.C4H6.C2H6/c1-11-18-23(6,7)21(26)16(4)19(25)14(2)12-24(8,29-10)13-15(3)20(28-9)17(5)22(27)30-18;1-6-7(9)8(2,10-3)4-5-11-6;1-3-4-2;1-2/h14-18,20-21,25-26H,11-13H2,1-10H3;6-7,9H,4-5H2,1-3H3;1-2H3;1-2H3/t14-,15-,16?,17-,18-,20+,21?,24-;6?,7-,8+;;/m10../s1. The molecule has 0 saturated carbocycles. The number of carbonyl (C=O) groups excluding carboxylic acids is 1. The molecule has 0 aliphatic carbocycles. The molecule has 2 rings (SSSR count). The first-order valence-corrected chi connectivity index (χ1v) is 17.5. The summed E-state index contributed by atoms with van der Waals surface area (Å²) in [5.74, 6) is 4.26. The Hall–Kier alpha value is -1.54. The Morgan fingerprint density at radius 3 is 1.83 bits per heavy atom. The number of aliphatic hydroxyl groups is 2. The van der Waals surface area contributed by atoms with Gasteiger partial charge in [-0.3, -0.25) is 4.79 Å². The first-order valence-electron chi connectivity index (χ1n) is 17.5. The summed E-state index contributed by atoms with van der Waals surface area (Å²) in [5, 5.41) is 29.6. The number of hydrogen-bond donors (Lipinski definition) is 3. The number of aliphatic hydroxyl groups excluding tert-OH is 2. The molecule has 0 radical (unpaired) electrons. The zero-order valence-corrected chi connectivity index (χ0v) is 33.1. The average molecular weight is 672 g/mol. The summed E-state index contributed by atoms with van der Waals surface area (Å²) in [7, 11) is 4.95. The minimum atomic E-state index is -0.811. The van der Waals surface area contributed by atoms with Gasteiger partial charge in [0.25, 0.3) is 0 Å². The lowest BCUT2D eigenvalue weighted by Gasteiger charge is -2.43. The van der Waals surface area contributed by atoms with E-state index in [1.165, 1.54) is 0 Å². The van der Waals surface area contributed by atoms with Crippen molar-refractivity contribution >= 4 is 11.7 Å². The monoisotopic (exact) mass is 672 g/mol. The van der Waals surface area contributed by atoms with E-state index in [9.17, 15) is 15.0 Å². The van der Waals surface area contributed by atoms with Gasteiger partial charge in [-0.15, -0.1) is 11.8 Å². The van der Waals surface area contributed by atoms with Gasteiger partial charge in [0.2, 0.25) is 0 Å². The maximum absolute atomic E-state index is 13.0. The molecule has 2 heterocycles. The van der Waals surface area contributed by atoms with Crippen LogP contribution < -0.4 is 0 Å². The Labute approximate surface area is 288 Å². The molecule has 47 heavy (non-hydrogen) atoms. The van der Waals surface area contributed by atoms with Crippen LogP contribution in [0.2, 0.25) is 0 Å². The maximum Gasteiger partial charge on any atom is 0.311 e. The average Bonchev–Trinajstić information content (AvgIpc) is 3.05. The molecule has 2 aliphatic rings. The molecule has 9 heteroatoms. The van der Waals surface area contributed by atoms with E-state index in [0.29, 0.717) is 31.6 Å². The lowest BCUT2D eigenvalue weighted by molar-refractivity contribution is -0.188. The number of hydrogen-bond acceptors (Lipinski definition) is 9. The van der Waals surface area contributed by atoms with Gasteiger partial charge in [0.05, 0.1) is 35.4 Å². The summed E-state index contributed by atoms with van der Waals surface area (Å²) in [6.45, 7) is 27.8. The third kappa shape index (κ3) is 13.7. The number of nitrogens with one attached hydrogen (secondary N) is 1. The molecule has 3 N–H and O–H groups in total. The van der Waals surface area contributed by atoms with Gasteiger partial charge < -0.3 is 39.3 Å². The van der Waals surface area contributed by atoms with Gasteiger partial charge in [0.15, 0.2) is 0 Å². The fourth-order valence-corrected chi connectivity index (χ4v) is 6.74. The molecule has 0 spiro atoms. The zero-order valence-electron chi connectivity index (χ0n) is 33.1. The summed E-state index contributed by atoms with van der Waals surface area (Å²) in [4.78, 5) is 13.0. The molecule has 0 aromatic carbocycles. The Morgan fingerprint density at radius 2 is 1.43 bits per heavy atom. The lowest BCUT2D eigenvalue weighted by Crippen LogP contribution is -2.52. The zero-order chi connectivity index (χ0) is 37.3. The van der Waals surface area contributed by atoms with Crippen LogP contribution in [0.4, 0.5) is 0 Å². The Balaban J connectivity index is 0. The second-order valence-electron chi connectivity index (χ2n) is 14.1. The summed E-state index contributed by atoms with van der Waals surface area (Å²) in [5.41, 5.74) is -1.08. The van der Waals surface area contributed by atoms with E-state index in [0.717, 1.165) is 6.42 Å². The molecule has 2 fully saturated rings. The highest BCUT2D eigenvalue weighted by Gasteiger charge is 2.45. The van der Waals surface area contributed by atoms with E-state index >= 15 is 0 Å². The Bertz CT molecular complexity index is 955. The van der Waals surface area contributed by atoms with E-state index in [4.69, 9.17) is 29.1 Å². The van der Waals surface area contributed by atoms with Crippen LogP contribution in [0.1, 0.15) is 123 Å². The second-order valence-corrected chi connectivity index (χ2v) is 14.1. The summed E-state index contributed by atoms with van der Waals surface area (Å²) in [6.07, 6.45) is 0.502. The molecule has 0 bridgehead atoms. The van der Waals surface area contributed by atoms with Crippen LogP contribution in [0.25, 0.3) is 0 Å². The normalized spacial score (nSPS) is 37.8. The molecule has 0 aromatic rings. The van der Waals surface area contributed by atoms with Crippen LogP contribution in [0, 0.1) is 46.3 Å². The van der Waals surface area contributed by atoms with Crippen LogP contribution in [0.5, 0.6) is 0 Å². The third-order valence-electron chi connectivity index (χ3n) is 10.2. The smallest absolute Gasteiger partial charge is 0.311 e. The summed E-state index contributed by atoms with van der Waals surface area (Å²) < 4.78 is 28.1. The van der Waals surface area contributed by atoms with Crippen LogP contribution >= 0.6 is 0 Å². The van der Waals surface area contributed by atoms with Crippen molar-refractivity contribution in [1.82, 2.24) is 0 Å². The van der Waals surface area contributed by atoms with Gasteiger partial charge in [-0.2, -0.15) is 0 Å². The summed E-state index contributed by atoms with van der Waals surface area (Å²) in [6, 6.07) is 0. The molecule has 0 aromatic heterocycles. The number of ether oxygens (including phenoxy) is 5. The van der Waals surface area contributed by atoms with Crippen LogP contribution in [0.3, 0.4) is 0 Å². The number of esters is 1. The van der Waals surface area contributed by atoms with Gasteiger partial charge in [-0.1, -0.05) is 55.4 Å². The van der Waals surface area contributed by atoms with E-state index in [-0.39, 0.29) is 35.9 Å². The van der Waals surface area contributed by atoms with Gasteiger partial charge in [-0.25, -0.2) is 0 Å². The van der Waals surface area contributed by atoms with Gasteiger partial charge in [-0.05, 0) is 72.6 Å². The highest BCUT2D eigenvalue weighted by atomic mass is 16.6. The van der Waals surface area contributed by atoms with Crippen LogP contribution in [-0.2, 0) is 28.5 Å². The molecule has 2 saturated heterocycles. The van der Waals surface area contributed by atoms with Crippen molar-refractivity contribution in [2.75, 3.05) is 27.9 Å². The third-order valence-corrected chi connectivity index (χ3v) is 10.2. The highest BCUT2D eigenvalue weighted by molar-refractivity contribution is 5.86. The van der Waals surface area contributed by atoms with Gasteiger partial charge >= 0.3 is 5.97 Å². The second kappa shape index (κ2) is 22.2. The number of methoxy groups -OCH3 is 3. The molecule has 3 unspecified atom stereocenters. The molecule has 0 amide bonds. The van der Waals surface area contributed by atoms with E-state index in [2.05, 4.69) is 18.8 Å². The van der Waals surface area contributed by atoms with Gasteiger partial charge in [0.1, 0.15) is 12.2 Å².